The maximum atomic E-state index is 11.8. The highest BCUT2D eigenvalue weighted by atomic mass is 16.3. The van der Waals surface area contributed by atoms with Gasteiger partial charge in [-0.2, -0.15) is 0 Å². The Hall–Kier alpha value is -1.88. The lowest BCUT2D eigenvalue weighted by atomic mass is 9.91. The van der Waals surface area contributed by atoms with Crippen LogP contribution < -0.4 is 0 Å². The Morgan fingerprint density at radius 2 is 2.14 bits per heavy atom. The molecule has 0 aromatic carbocycles. The molecule has 5 heteroatoms. The minimum Gasteiger partial charge on any atom is -0.468 e. The van der Waals surface area contributed by atoms with Crippen LogP contribution in [0.25, 0.3) is 0 Å². The van der Waals surface area contributed by atoms with Crippen LogP contribution in [0.1, 0.15) is 48.5 Å². The molecule has 22 heavy (non-hydrogen) atoms. The van der Waals surface area contributed by atoms with Gasteiger partial charge in [-0.1, -0.05) is 0 Å². The first-order valence-corrected chi connectivity index (χ1v) is 7.98. The van der Waals surface area contributed by atoms with Gasteiger partial charge >= 0.3 is 0 Å². The van der Waals surface area contributed by atoms with Gasteiger partial charge in [-0.25, -0.2) is 4.98 Å². The summed E-state index contributed by atoms with van der Waals surface area (Å²) in [6.45, 7) is 3.13. The summed E-state index contributed by atoms with van der Waals surface area (Å²) in [7, 11) is 0. The van der Waals surface area contributed by atoms with Crippen molar-refractivity contribution in [1.29, 1.82) is 0 Å². The molecule has 118 valence electrons. The molecule has 0 spiro atoms. The van der Waals surface area contributed by atoms with Crippen LogP contribution in [-0.2, 0) is 6.54 Å². The summed E-state index contributed by atoms with van der Waals surface area (Å²) in [6.07, 6.45) is 9.66. The first-order chi connectivity index (χ1) is 10.8. The van der Waals surface area contributed by atoms with Crippen LogP contribution in [0.15, 0.2) is 39.7 Å². The molecule has 0 atom stereocenters. The highest BCUT2D eigenvalue weighted by molar-refractivity contribution is 5.91. The predicted molar refractivity (Wildman–Crippen MR) is 81.4 cm³/mol. The van der Waals surface area contributed by atoms with Crippen LogP contribution in [0.3, 0.4) is 0 Å². The van der Waals surface area contributed by atoms with E-state index in [1.807, 2.05) is 12.1 Å². The van der Waals surface area contributed by atoms with Crippen LogP contribution in [0.5, 0.6) is 0 Å². The van der Waals surface area contributed by atoms with Gasteiger partial charge in [-0.05, 0) is 56.8 Å². The van der Waals surface area contributed by atoms with E-state index < -0.39 is 0 Å². The zero-order valence-corrected chi connectivity index (χ0v) is 12.7. The number of piperidine rings is 1. The number of hydrogen-bond donors (Lipinski definition) is 0. The third-order valence-electron chi connectivity index (χ3n) is 4.35. The van der Waals surface area contributed by atoms with Crippen LogP contribution in [0.2, 0.25) is 0 Å². The fraction of sp³-hybridized carbons (Fsp3) is 0.529. The summed E-state index contributed by atoms with van der Waals surface area (Å²) in [6, 6.07) is 3.97. The zero-order valence-electron chi connectivity index (χ0n) is 12.7. The lowest BCUT2D eigenvalue weighted by Gasteiger charge is -2.31. The van der Waals surface area contributed by atoms with Crippen LogP contribution in [0.4, 0.5) is 0 Å². The molecule has 2 aromatic heterocycles. The Morgan fingerprint density at radius 1 is 1.27 bits per heavy atom. The van der Waals surface area contributed by atoms with E-state index in [1.54, 1.807) is 6.26 Å². The van der Waals surface area contributed by atoms with Crippen LogP contribution in [0, 0.1) is 5.92 Å². The smallest absolute Gasteiger partial charge is 0.263 e. The SMILES string of the molecule is O=C(CCCC1CCN(Cc2ccco2)CC1)c1ncco1. The maximum Gasteiger partial charge on any atom is 0.263 e. The van der Waals surface area contributed by atoms with E-state index in [9.17, 15) is 4.79 Å². The molecule has 1 aliphatic heterocycles. The average molecular weight is 302 g/mol. The van der Waals surface area contributed by atoms with Gasteiger partial charge in [0.05, 0.1) is 19.0 Å². The Balaban J connectivity index is 1.33. The molecule has 3 rings (SSSR count). The molecule has 0 bridgehead atoms. The van der Waals surface area contributed by atoms with Crippen molar-refractivity contribution in [3.63, 3.8) is 0 Å². The summed E-state index contributed by atoms with van der Waals surface area (Å²) >= 11 is 0. The van der Waals surface area contributed by atoms with Gasteiger partial charge in [0.1, 0.15) is 12.0 Å². The number of carbonyl (C=O) groups excluding carboxylic acids is 1. The first kappa shape index (κ1) is 15.0. The monoisotopic (exact) mass is 302 g/mol. The fourth-order valence-corrected chi connectivity index (χ4v) is 3.08. The topological polar surface area (TPSA) is 59.5 Å². The van der Waals surface area contributed by atoms with Gasteiger partial charge in [0.2, 0.25) is 5.78 Å². The van der Waals surface area contributed by atoms with Gasteiger partial charge < -0.3 is 8.83 Å². The number of ketones is 1. The number of rotatable bonds is 7. The molecule has 0 amide bonds. The number of furan rings is 1. The highest BCUT2D eigenvalue weighted by Crippen LogP contribution is 2.24. The number of Topliss-reactive ketones (excluding diaryl/α,β-unsaturated/α-hetero) is 1. The molecule has 0 aliphatic carbocycles. The van der Waals surface area contributed by atoms with Crippen LogP contribution >= 0.6 is 0 Å². The Bertz CT molecular complexity index is 555. The molecular weight excluding hydrogens is 280 g/mol. The molecule has 0 N–H and O–H groups in total. The molecule has 0 radical (unpaired) electrons. The van der Waals surface area contributed by atoms with Crippen molar-refractivity contribution < 1.29 is 13.6 Å². The van der Waals surface area contributed by atoms with E-state index in [1.165, 1.54) is 25.3 Å². The molecule has 1 aliphatic rings. The van der Waals surface area contributed by atoms with Gasteiger partial charge in [0, 0.05) is 6.42 Å². The molecule has 1 fully saturated rings. The fourth-order valence-electron chi connectivity index (χ4n) is 3.08. The Morgan fingerprint density at radius 3 is 2.82 bits per heavy atom. The summed E-state index contributed by atoms with van der Waals surface area (Å²) in [4.78, 5) is 18.1. The van der Waals surface area contributed by atoms with Crippen molar-refractivity contribution in [1.82, 2.24) is 9.88 Å². The molecule has 0 unspecified atom stereocenters. The second-order valence-electron chi connectivity index (χ2n) is 5.95. The van der Waals surface area contributed by atoms with Crippen molar-refractivity contribution in [3.8, 4) is 0 Å². The standard InChI is InChI=1S/C17H22N2O3/c20-16(17-18-8-12-22-17)5-1-3-14-6-9-19(10-7-14)13-15-4-2-11-21-15/h2,4,8,11-12,14H,1,3,5-7,9-10,13H2. The second-order valence-corrected chi connectivity index (χ2v) is 5.95. The molecule has 5 nitrogen and oxygen atoms in total. The summed E-state index contributed by atoms with van der Waals surface area (Å²) in [5.41, 5.74) is 0. The zero-order chi connectivity index (χ0) is 15.2. The molecule has 2 aromatic rings. The van der Waals surface area contributed by atoms with E-state index in [0.717, 1.165) is 44.2 Å². The summed E-state index contributed by atoms with van der Waals surface area (Å²) in [5.74, 6) is 2.02. The predicted octanol–water partition coefficient (Wildman–Crippen LogP) is 3.53. The third kappa shape index (κ3) is 4.07. The molecule has 0 saturated carbocycles. The number of oxazole rings is 1. The lowest BCUT2D eigenvalue weighted by molar-refractivity contribution is 0.0940. The van der Waals surface area contributed by atoms with Crippen molar-refractivity contribution in [2.75, 3.05) is 13.1 Å². The minimum absolute atomic E-state index is 0.0141. The first-order valence-electron chi connectivity index (χ1n) is 7.98. The Kier molecular flexibility index (Phi) is 5.06. The van der Waals surface area contributed by atoms with E-state index >= 15 is 0 Å². The third-order valence-corrected chi connectivity index (χ3v) is 4.35. The Labute approximate surface area is 130 Å². The van der Waals surface area contributed by atoms with Crippen LogP contribution in [-0.4, -0.2) is 28.8 Å². The molecule has 3 heterocycles. The number of carbonyl (C=O) groups is 1. The average Bonchev–Trinajstić information content (AvgIpc) is 3.22. The van der Waals surface area contributed by atoms with Crippen molar-refractivity contribution in [3.05, 3.63) is 42.5 Å². The van der Waals surface area contributed by atoms with Gasteiger partial charge in [-0.15, -0.1) is 0 Å². The normalized spacial score (nSPS) is 16.9. The minimum atomic E-state index is 0.0141. The molecule has 1 saturated heterocycles. The van der Waals surface area contributed by atoms with Crippen molar-refractivity contribution >= 4 is 5.78 Å². The van der Waals surface area contributed by atoms with E-state index in [0.29, 0.717) is 6.42 Å². The second kappa shape index (κ2) is 7.40. The number of nitrogens with zero attached hydrogens (tertiary/aromatic N) is 2. The van der Waals surface area contributed by atoms with Crippen molar-refractivity contribution in [2.45, 2.75) is 38.6 Å². The maximum absolute atomic E-state index is 11.8. The van der Waals surface area contributed by atoms with E-state index in [-0.39, 0.29) is 11.7 Å². The lowest BCUT2D eigenvalue weighted by Crippen LogP contribution is -2.33. The van der Waals surface area contributed by atoms with E-state index in [4.69, 9.17) is 8.83 Å². The van der Waals surface area contributed by atoms with Gasteiger partial charge in [-0.3, -0.25) is 9.69 Å². The van der Waals surface area contributed by atoms with Crippen molar-refractivity contribution in [2.24, 2.45) is 5.92 Å². The number of hydrogen-bond acceptors (Lipinski definition) is 5. The van der Waals surface area contributed by atoms with Gasteiger partial charge in [0.15, 0.2) is 0 Å². The summed E-state index contributed by atoms with van der Waals surface area (Å²) in [5, 5.41) is 0. The number of aromatic nitrogens is 1. The van der Waals surface area contributed by atoms with E-state index in [2.05, 4.69) is 9.88 Å². The largest absolute Gasteiger partial charge is 0.468 e. The summed E-state index contributed by atoms with van der Waals surface area (Å²) < 4.78 is 10.4. The van der Waals surface area contributed by atoms with Gasteiger partial charge in [0.25, 0.3) is 5.89 Å². The highest BCUT2D eigenvalue weighted by Gasteiger charge is 2.20. The quantitative estimate of drug-likeness (QED) is 0.732. The number of likely N-dealkylation sites (tertiary alicyclic amines) is 1. The molecular formula is C17H22N2O3.